The van der Waals surface area contributed by atoms with E-state index in [0.29, 0.717) is 31.7 Å². The van der Waals surface area contributed by atoms with Crippen molar-refractivity contribution in [1.29, 1.82) is 0 Å². The first-order valence-corrected chi connectivity index (χ1v) is 9.44. The number of piperazine rings is 1. The van der Waals surface area contributed by atoms with E-state index in [9.17, 15) is 14.4 Å². The van der Waals surface area contributed by atoms with Gasteiger partial charge in [-0.25, -0.2) is 0 Å². The van der Waals surface area contributed by atoms with Crippen LogP contribution in [0.5, 0.6) is 0 Å². The van der Waals surface area contributed by atoms with Gasteiger partial charge < -0.3 is 15.1 Å². The zero-order chi connectivity index (χ0) is 20.3. The van der Waals surface area contributed by atoms with Crippen molar-refractivity contribution in [2.24, 2.45) is 0 Å². The molecule has 3 rings (SSSR count). The highest BCUT2D eigenvalue weighted by molar-refractivity contribution is 6.35. The van der Waals surface area contributed by atoms with Gasteiger partial charge in [0, 0.05) is 37.4 Å². The molecule has 1 aliphatic heterocycles. The second-order valence-electron chi connectivity index (χ2n) is 7.14. The van der Waals surface area contributed by atoms with Crippen LogP contribution in [0.1, 0.15) is 34.0 Å². The summed E-state index contributed by atoms with van der Waals surface area (Å²) in [4.78, 5) is 39.8. The fraction of sp³-hybridized carbons (Fsp3) is 0.318. The van der Waals surface area contributed by atoms with Crippen molar-refractivity contribution in [1.82, 2.24) is 9.80 Å². The summed E-state index contributed by atoms with van der Waals surface area (Å²) in [5, 5.41) is 2.91. The Bertz CT molecular complexity index is 885. The third kappa shape index (κ3) is 4.39. The fourth-order valence-corrected chi connectivity index (χ4v) is 3.40. The molecule has 6 heteroatoms. The lowest BCUT2D eigenvalue weighted by Crippen LogP contribution is -2.53. The number of anilines is 1. The second-order valence-corrected chi connectivity index (χ2v) is 7.14. The minimum Gasteiger partial charge on any atom is -0.333 e. The topological polar surface area (TPSA) is 69.7 Å². The number of hydrogen-bond donors (Lipinski definition) is 1. The first kappa shape index (κ1) is 19.6. The minimum atomic E-state index is -0.468. The zero-order valence-corrected chi connectivity index (χ0v) is 16.5. The predicted molar refractivity (Wildman–Crippen MR) is 108 cm³/mol. The maximum Gasteiger partial charge on any atom is 0.312 e. The molecule has 0 unspecified atom stereocenters. The van der Waals surface area contributed by atoms with Crippen LogP contribution in [0, 0.1) is 13.8 Å². The zero-order valence-electron chi connectivity index (χ0n) is 16.5. The largest absolute Gasteiger partial charge is 0.333 e. The maximum absolute atomic E-state index is 12.5. The normalized spacial score (nSPS) is 14.4. The molecule has 0 bridgehead atoms. The van der Waals surface area contributed by atoms with Gasteiger partial charge in [-0.1, -0.05) is 18.2 Å². The smallest absolute Gasteiger partial charge is 0.312 e. The Kier molecular flexibility index (Phi) is 5.78. The number of carbonyl (C=O) groups excluding carboxylic acids is 3. The minimum absolute atomic E-state index is 0.181. The third-order valence-corrected chi connectivity index (χ3v) is 4.85. The molecule has 1 aliphatic rings. The quantitative estimate of drug-likeness (QED) is 0.812. The molecule has 28 heavy (non-hydrogen) atoms. The van der Waals surface area contributed by atoms with Crippen LogP contribution in [0.15, 0.2) is 42.5 Å². The van der Waals surface area contributed by atoms with Gasteiger partial charge in [-0.2, -0.15) is 0 Å². The van der Waals surface area contributed by atoms with Crippen molar-refractivity contribution in [2.45, 2.75) is 27.3 Å². The van der Waals surface area contributed by atoms with E-state index < -0.39 is 11.8 Å². The Morgan fingerprint density at radius 3 is 2.11 bits per heavy atom. The molecule has 0 spiro atoms. The molecule has 1 N–H and O–H groups in total. The lowest BCUT2D eigenvalue weighted by atomic mass is 10.1. The van der Waals surface area contributed by atoms with Gasteiger partial charge in [-0.3, -0.25) is 14.4 Å². The van der Waals surface area contributed by atoms with Crippen LogP contribution < -0.4 is 5.32 Å². The van der Waals surface area contributed by atoms with E-state index in [1.807, 2.05) is 45.0 Å². The first-order chi connectivity index (χ1) is 13.4. The Morgan fingerprint density at radius 2 is 1.50 bits per heavy atom. The number of benzene rings is 2. The van der Waals surface area contributed by atoms with E-state index in [-0.39, 0.29) is 5.91 Å². The molecule has 1 fully saturated rings. The summed E-state index contributed by atoms with van der Waals surface area (Å²) in [5.41, 5.74) is 4.38. The van der Waals surface area contributed by atoms with Crippen molar-refractivity contribution < 1.29 is 14.4 Å². The molecule has 0 aliphatic carbocycles. The summed E-state index contributed by atoms with van der Waals surface area (Å²) in [5.74, 6) is -1.10. The van der Waals surface area contributed by atoms with Crippen molar-refractivity contribution in [3.05, 3.63) is 64.7 Å². The van der Waals surface area contributed by atoms with Crippen molar-refractivity contribution in [3.63, 3.8) is 0 Å². The molecule has 0 aromatic heterocycles. The van der Waals surface area contributed by atoms with Gasteiger partial charge in [0.2, 0.25) is 0 Å². The van der Waals surface area contributed by atoms with Gasteiger partial charge in [0.25, 0.3) is 5.91 Å². The number of aryl methyl sites for hydroxylation is 2. The van der Waals surface area contributed by atoms with E-state index in [4.69, 9.17) is 0 Å². The van der Waals surface area contributed by atoms with E-state index >= 15 is 0 Å². The number of nitrogens with zero attached hydrogens (tertiary/aromatic N) is 2. The third-order valence-electron chi connectivity index (χ3n) is 4.85. The number of nitrogens with one attached hydrogen (secondary N) is 1. The fourth-order valence-electron chi connectivity index (χ4n) is 3.40. The molecule has 2 aromatic rings. The van der Waals surface area contributed by atoms with Crippen LogP contribution in [-0.4, -0.2) is 47.2 Å². The maximum atomic E-state index is 12.5. The first-order valence-electron chi connectivity index (χ1n) is 9.44. The molecule has 0 saturated carbocycles. The van der Waals surface area contributed by atoms with Crippen LogP contribution in [0.3, 0.4) is 0 Å². The molecule has 3 amide bonds. The van der Waals surface area contributed by atoms with Gasteiger partial charge >= 0.3 is 11.8 Å². The van der Waals surface area contributed by atoms with Crippen LogP contribution in [0.25, 0.3) is 0 Å². The Hall–Kier alpha value is -3.15. The van der Waals surface area contributed by atoms with Crippen LogP contribution in [0.2, 0.25) is 0 Å². The molecule has 1 heterocycles. The average molecular weight is 379 g/mol. The number of amides is 3. The van der Waals surface area contributed by atoms with Crippen molar-refractivity contribution in [2.75, 3.05) is 25.0 Å². The molecule has 146 valence electrons. The van der Waals surface area contributed by atoms with Crippen LogP contribution >= 0.6 is 0 Å². The highest BCUT2D eigenvalue weighted by Gasteiger charge is 2.31. The predicted octanol–water partition coefficient (Wildman–Crippen LogP) is 2.75. The highest BCUT2D eigenvalue weighted by Crippen LogP contribution is 2.16. The van der Waals surface area contributed by atoms with Crippen molar-refractivity contribution >= 4 is 23.4 Å². The summed E-state index contributed by atoms with van der Waals surface area (Å²) in [6, 6.07) is 13.0. The van der Waals surface area contributed by atoms with E-state index in [2.05, 4.69) is 11.4 Å². The summed E-state index contributed by atoms with van der Waals surface area (Å²) in [7, 11) is 0. The Labute approximate surface area is 165 Å². The Morgan fingerprint density at radius 1 is 0.929 bits per heavy atom. The van der Waals surface area contributed by atoms with Crippen LogP contribution in [0.4, 0.5) is 5.69 Å². The van der Waals surface area contributed by atoms with E-state index in [0.717, 1.165) is 22.4 Å². The number of rotatable bonds is 5. The standard InChI is InChI=1S/C22H25N3O3/c1-4-24-9-10-25(22(28)21(24)27)14-17-5-7-18(8-6-17)20(26)23-19-12-15(2)11-16(3)13-19/h5-8,11-13H,4,9-10,14H2,1-3H3,(H,23,26). The molecular formula is C22H25N3O3. The number of likely N-dealkylation sites (N-methyl/N-ethyl adjacent to an activating group) is 1. The molecule has 0 radical (unpaired) electrons. The van der Waals surface area contributed by atoms with E-state index in [1.54, 1.807) is 21.9 Å². The molecular weight excluding hydrogens is 354 g/mol. The molecule has 6 nitrogen and oxygen atoms in total. The molecule has 2 aromatic carbocycles. The second kappa shape index (κ2) is 8.25. The summed E-state index contributed by atoms with van der Waals surface area (Å²) < 4.78 is 0. The van der Waals surface area contributed by atoms with Gasteiger partial charge in [-0.15, -0.1) is 0 Å². The van der Waals surface area contributed by atoms with E-state index in [1.165, 1.54) is 0 Å². The summed E-state index contributed by atoms with van der Waals surface area (Å²) >= 11 is 0. The van der Waals surface area contributed by atoms with Gasteiger partial charge in [0.15, 0.2) is 0 Å². The van der Waals surface area contributed by atoms with Gasteiger partial charge in [0.05, 0.1) is 0 Å². The molecule has 0 atom stereocenters. The molecule has 1 saturated heterocycles. The summed E-state index contributed by atoms with van der Waals surface area (Å²) in [6.45, 7) is 7.82. The Balaban J connectivity index is 1.64. The van der Waals surface area contributed by atoms with Crippen molar-refractivity contribution in [3.8, 4) is 0 Å². The van der Waals surface area contributed by atoms with Gasteiger partial charge in [-0.05, 0) is 61.7 Å². The van der Waals surface area contributed by atoms with Crippen LogP contribution in [-0.2, 0) is 16.1 Å². The highest BCUT2D eigenvalue weighted by atomic mass is 16.2. The number of hydrogen-bond acceptors (Lipinski definition) is 3. The number of carbonyl (C=O) groups is 3. The lowest BCUT2D eigenvalue weighted by Gasteiger charge is -2.33. The lowest BCUT2D eigenvalue weighted by molar-refractivity contribution is -0.156. The summed E-state index contributed by atoms with van der Waals surface area (Å²) in [6.07, 6.45) is 0. The van der Waals surface area contributed by atoms with Gasteiger partial charge in [0.1, 0.15) is 0 Å². The average Bonchev–Trinajstić information content (AvgIpc) is 2.65. The SMILES string of the molecule is CCN1CCN(Cc2ccc(C(=O)Nc3cc(C)cc(C)c3)cc2)C(=O)C1=O. The monoisotopic (exact) mass is 379 g/mol.